The number of Topliss-reactive ketones (excluding diaryl/α,β-unsaturated/α-hetero) is 1. The monoisotopic (exact) mass is 242 g/mol. The smallest absolute Gasteiger partial charge is 0.323 e. The summed E-state index contributed by atoms with van der Waals surface area (Å²) in [6, 6.07) is -1.07. The lowest BCUT2D eigenvalue weighted by Gasteiger charge is -2.11. The molecule has 16 heavy (non-hydrogen) atoms. The summed E-state index contributed by atoms with van der Waals surface area (Å²) in [6.45, 7) is 0. The van der Waals surface area contributed by atoms with Crippen LogP contribution in [-0.4, -0.2) is 30.1 Å². The van der Waals surface area contributed by atoms with E-state index >= 15 is 0 Å². The highest BCUT2D eigenvalue weighted by molar-refractivity contribution is 7.09. The van der Waals surface area contributed by atoms with Crippen molar-refractivity contribution in [1.29, 1.82) is 0 Å². The SMILES string of the molecule is COC(=O)C(C=O)C(=O)C(N)c1nccs1. The molecule has 0 radical (unpaired) electrons. The van der Waals surface area contributed by atoms with Crippen LogP contribution in [0.3, 0.4) is 0 Å². The molecule has 0 spiro atoms. The Morgan fingerprint density at radius 3 is 2.75 bits per heavy atom. The van der Waals surface area contributed by atoms with Crippen molar-refractivity contribution in [2.24, 2.45) is 11.7 Å². The summed E-state index contributed by atoms with van der Waals surface area (Å²) in [5.74, 6) is -3.10. The van der Waals surface area contributed by atoms with Crippen molar-refractivity contribution >= 4 is 29.4 Å². The summed E-state index contributed by atoms with van der Waals surface area (Å²) in [7, 11) is 1.10. The van der Waals surface area contributed by atoms with Crippen LogP contribution >= 0.6 is 11.3 Å². The van der Waals surface area contributed by atoms with Crippen LogP contribution in [0.25, 0.3) is 0 Å². The van der Waals surface area contributed by atoms with E-state index in [1.807, 2.05) is 0 Å². The van der Waals surface area contributed by atoms with E-state index in [0.717, 1.165) is 7.11 Å². The van der Waals surface area contributed by atoms with E-state index in [1.165, 1.54) is 17.5 Å². The highest BCUT2D eigenvalue weighted by atomic mass is 32.1. The predicted octanol–water partition coefficient (Wildman–Crippen LogP) is -0.300. The molecule has 1 rings (SSSR count). The van der Waals surface area contributed by atoms with Crippen molar-refractivity contribution in [3.8, 4) is 0 Å². The summed E-state index contributed by atoms with van der Waals surface area (Å²) in [4.78, 5) is 37.3. The number of aromatic nitrogens is 1. The van der Waals surface area contributed by atoms with Crippen molar-refractivity contribution in [2.45, 2.75) is 6.04 Å². The predicted molar refractivity (Wildman–Crippen MR) is 55.6 cm³/mol. The van der Waals surface area contributed by atoms with Crippen LogP contribution in [0.5, 0.6) is 0 Å². The van der Waals surface area contributed by atoms with E-state index in [1.54, 1.807) is 5.38 Å². The van der Waals surface area contributed by atoms with Crippen LogP contribution in [0.2, 0.25) is 0 Å². The number of nitrogens with two attached hydrogens (primary N) is 1. The fraction of sp³-hybridized carbons (Fsp3) is 0.333. The molecule has 6 nitrogen and oxygen atoms in total. The van der Waals surface area contributed by atoms with Crippen molar-refractivity contribution in [3.63, 3.8) is 0 Å². The van der Waals surface area contributed by atoms with Gasteiger partial charge in [0.2, 0.25) is 0 Å². The Kier molecular flexibility index (Phi) is 4.27. The number of carbonyl (C=O) groups excluding carboxylic acids is 3. The third-order valence-electron chi connectivity index (χ3n) is 1.92. The van der Waals surface area contributed by atoms with Gasteiger partial charge in [0, 0.05) is 11.6 Å². The molecule has 0 amide bonds. The Morgan fingerprint density at radius 2 is 2.31 bits per heavy atom. The number of ketones is 1. The molecule has 0 aliphatic carbocycles. The normalized spacial score (nSPS) is 13.9. The van der Waals surface area contributed by atoms with Gasteiger partial charge in [0.05, 0.1) is 7.11 Å². The van der Waals surface area contributed by atoms with Crippen molar-refractivity contribution in [3.05, 3.63) is 16.6 Å². The molecule has 0 aliphatic heterocycles. The molecule has 0 fully saturated rings. The lowest BCUT2D eigenvalue weighted by atomic mass is 10.0. The summed E-state index contributed by atoms with van der Waals surface area (Å²) in [6.07, 6.45) is 1.71. The number of methoxy groups -OCH3 is 1. The third kappa shape index (κ3) is 2.50. The Labute approximate surface area is 95.4 Å². The minimum atomic E-state index is -1.48. The van der Waals surface area contributed by atoms with E-state index in [0.29, 0.717) is 5.01 Å². The minimum absolute atomic E-state index is 0.224. The zero-order valence-corrected chi connectivity index (χ0v) is 9.27. The fourth-order valence-electron chi connectivity index (χ4n) is 1.07. The summed E-state index contributed by atoms with van der Waals surface area (Å²) < 4.78 is 4.33. The molecule has 7 heteroatoms. The lowest BCUT2D eigenvalue weighted by molar-refractivity contribution is -0.150. The van der Waals surface area contributed by atoms with Crippen LogP contribution in [0, 0.1) is 5.92 Å². The van der Waals surface area contributed by atoms with Gasteiger partial charge < -0.3 is 15.3 Å². The maximum atomic E-state index is 11.7. The topological polar surface area (TPSA) is 99.4 Å². The molecule has 2 atom stereocenters. The third-order valence-corrected chi connectivity index (χ3v) is 2.78. The molecule has 1 aromatic heterocycles. The molecule has 1 aromatic rings. The van der Waals surface area contributed by atoms with Gasteiger partial charge in [-0.3, -0.25) is 9.59 Å². The quantitative estimate of drug-likeness (QED) is 0.432. The summed E-state index contributed by atoms with van der Waals surface area (Å²) in [5.41, 5.74) is 5.58. The van der Waals surface area contributed by atoms with E-state index in [-0.39, 0.29) is 6.29 Å². The Morgan fingerprint density at radius 1 is 1.62 bits per heavy atom. The lowest BCUT2D eigenvalue weighted by Crippen LogP contribution is -2.34. The summed E-state index contributed by atoms with van der Waals surface area (Å²) >= 11 is 1.18. The van der Waals surface area contributed by atoms with Gasteiger partial charge in [-0.2, -0.15) is 0 Å². The first-order valence-electron chi connectivity index (χ1n) is 4.33. The van der Waals surface area contributed by atoms with E-state index in [9.17, 15) is 14.4 Å². The number of nitrogens with zero attached hydrogens (tertiary/aromatic N) is 1. The highest BCUT2D eigenvalue weighted by Crippen LogP contribution is 2.17. The zero-order chi connectivity index (χ0) is 12.1. The van der Waals surface area contributed by atoms with Crippen molar-refractivity contribution in [2.75, 3.05) is 7.11 Å². The van der Waals surface area contributed by atoms with E-state index in [4.69, 9.17) is 5.73 Å². The van der Waals surface area contributed by atoms with Gasteiger partial charge in [0.25, 0.3) is 0 Å². The number of thiazole rings is 1. The van der Waals surface area contributed by atoms with Gasteiger partial charge in [-0.05, 0) is 0 Å². The molecular weight excluding hydrogens is 232 g/mol. The fourth-order valence-corrected chi connectivity index (χ4v) is 1.71. The first-order chi connectivity index (χ1) is 7.61. The molecule has 0 saturated heterocycles. The number of hydrogen-bond acceptors (Lipinski definition) is 7. The molecule has 0 saturated carbocycles. The maximum absolute atomic E-state index is 11.7. The number of hydrogen-bond donors (Lipinski definition) is 1. The van der Waals surface area contributed by atoms with E-state index < -0.39 is 23.7 Å². The molecule has 0 aliphatic rings. The second kappa shape index (κ2) is 5.47. The van der Waals surface area contributed by atoms with Crippen molar-refractivity contribution < 1.29 is 19.1 Å². The van der Waals surface area contributed by atoms with E-state index in [2.05, 4.69) is 9.72 Å². The van der Waals surface area contributed by atoms with Gasteiger partial charge in [0.15, 0.2) is 11.7 Å². The maximum Gasteiger partial charge on any atom is 0.323 e. The van der Waals surface area contributed by atoms with Gasteiger partial charge in [-0.15, -0.1) is 11.3 Å². The van der Waals surface area contributed by atoms with Crippen LogP contribution < -0.4 is 5.73 Å². The minimum Gasteiger partial charge on any atom is -0.468 e. The standard InChI is InChI=1S/C9H10N2O4S/c1-15-9(14)5(4-12)7(13)6(10)8-11-2-3-16-8/h2-6H,10H2,1H3. The molecule has 0 aromatic carbocycles. The van der Waals surface area contributed by atoms with Crippen LogP contribution in [0.4, 0.5) is 0 Å². The number of ether oxygens (including phenoxy) is 1. The molecule has 2 N–H and O–H groups in total. The van der Waals surface area contributed by atoms with Crippen LogP contribution in [0.1, 0.15) is 11.0 Å². The second-order valence-corrected chi connectivity index (χ2v) is 3.81. The second-order valence-electron chi connectivity index (χ2n) is 2.89. The average molecular weight is 242 g/mol. The number of aldehydes is 1. The Bertz CT molecular complexity index is 390. The number of rotatable bonds is 5. The van der Waals surface area contributed by atoms with Crippen LogP contribution in [-0.2, 0) is 19.1 Å². The average Bonchev–Trinajstić information content (AvgIpc) is 2.81. The summed E-state index contributed by atoms with van der Waals surface area (Å²) in [5, 5.41) is 2.01. The molecule has 1 heterocycles. The Hall–Kier alpha value is -1.60. The highest BCUT2D eigenvalue weighted by Gasteiger charge is 2.32. The first kappa shape index (κ1) is 12.5. The van der Waals surface area contributed by atoms with Gasteiger partial charge in [-0.25, -0.2) is 4.98 Å². The van der Waals surface area contributed by atoms with Crippen molar-refractivity contribution in [1.82, 2.24) is 4.98 Å². The number of carbonyl (C=O) groups is 3. The Balaban J connectivity index is 2.84. The van der Waals surface area contributed by atoms with Gasteiger partial charge in [0.1, 0.15) is 17.3 Å². The zero-order valence-electron chi connectivity index (χ0n) is 8.45. The molecule has 86 valence electrons. The molecule has 2 unspecified atom stereocenters. The van der Waals surface area contributed by atoms with Gasteiger partial charge in [-0.1, -0.05) is 0 Å². The molecular formula is C9H10N2O4S. The molecule has 0 bridgehead atoms. The van der Waals surface area contributed by atoms with Crippen LogP contribution in [0.15, 0.2) is 11.6 Å². The first-order valence-corrected chi connectivity index (χ1v) is 5.21. The number of esters is 1. The van der Waals surface area contributed by atoms with Gasteiger partial charge >= 0.3 is 5.97 Å². The largest absolute Gasteiger partial charge is 0.468 e.